The van der Waals surface area contributed by atoms with Crippen molar-refractivity contribution in [1.29, 1.82) is 0 Å². The zero-order valence-electron chi connectivity index (χ0n) is 16.1. The molecule has 3 aromatic carbocycles. The molecule has 154 valence electrons. The maximum atomic E-state index is 13.8. The number of amides is 2. The monoisotopic (exact) mass is 444 g/mol. The Balaban J connectivity index is 1.82. The van der Waals surface area contributed by atoms with Gasteiger partial charge in [0.05, 0.1) is 10.6 Å². The fourth-order valence-corrected chi connectivity index (χ4v) is 3.36. The second-order valence-electron chi connectivity index (χ2n) is 6.79. The molecule has 2 amide bonds. The molecule has 4 nitrogen and oxygen atoms in total. The number of rotatable bonds is 6. The van der Waals surface area contributed by atoms with E-state index in [4.69, 9.17) is 23.2 Å². The molecule has 0 aliphatic carbocycles. The van der Waals surface area contributed by atoms with Gasteiger partial charge in [-0.25, -0.2) is 4.39 Å². The van der Waals surface area contributed by atoms with E-state index >= 15 is 0 Å². The molecule has 0 aliphatic heterocycles. The van der Waals surface area contributed by atoms with Crippen LogP contribution in [0.2, 0.25) is 10.0 Å². The first-order valence-corrected chi connectivity index (χ1v) is 9.96. The Morgan fingerprint density at radius 1 is 1.00 bits per heavy atom. The predicted octanol–water partition coefficient (Wildman–Crippen LogP) is 5.42. The lowest BCUT2D eigenvalue weighted by Crippen LogP contribution is -2.45. The average Bonchev–Trinajstić information content (AvgIpc) is 2.71. The Morgan fingerprint density at radius 3 is 2.40 bits per heavy atom. The second-order valence-corrected chi connectivity index (χ2v) is 7.64. The van der Waals surface area contributed by atoms with Gasteiger partial charge in [-0.2, -0.15) is 0 Å². The molecule has 0 spiro atoms. The number of hydrogen-bond donors (Lipinski definition) is 2. The highest BCUT2D eigenvalue weighted by molar-refractivity contribution is 6.36. The third-order valence-electron chi connectivity index (χ3n) is 4.52. The molecule has 1 atom stereocenters. The summed E-state index contributed by atoms with van der Waals surface area (Å²) in [4.78, 5) is 25.7. The van der Waals surface area contributed by atoms with Gasteiger partial charge < -0.3 is 10.6 Å². The summed E-state index contributed by atoms with van der Waals surface area (Å²) < 4.78 is 13.8. The van der Waals surface area contributed by atoms with Gasteiger partial charge in [-0.3, -0.25) is 9.59 Å². The summed E-state index contributed by atoms with van der Waals surface area (Å²) in [6, 6.07) is 17.3. The normalized spacial score (nSPS) is 11.6. The number of aryl methyl sites for hydroxylation is 1. The lowest BCUT2D eigenvalue weighted by molar-refractivity contribution is -0.118. The van der Waals surface area contributed by atoms with E-state index in [9.17, 15) is 14.0 Å². The van der Waals surface area contributed by atoms with Crippen LogP contribution < -0.4 is 10.6 Å². The average molecular weight is 445 g/mol. The van der Waals surface area contributed by atoms with Crippen molar-refractivity contribution >= 4 is 40.7 Å². The van der Waals surface area contributed by atoms with E-state index < -0.39 is 23.7 Å². The van der Waals surface area contributed by atoms with Crippen LogP contribution in [-0.2, 0) is 11.2 Å². The first-order valence-electron chi connectivity index (χ1n) is 9.20. The standard InChI is InChI=1S/C23H19Cl2FN2O2/c1-14-7-9-17(13-20(14)26)27-23(30)21(11-15-5-3-2-4-6-15)28-22(29)18-10-8-16(24)12-19(18)25/h2-10,12-13,21H,11H2,1H3,(H,27,30)(H,28,29)/t21-/m1/s1. The fourth-order valence-electron chi connectivity index (χ4n) is 2.87. The minimum absolute atomic E-state index is 0.180. The first kappa shape index (κ1) is 21.8. The van der Waals surface area contributed by atoms with Crippen molar-refractivity contribution in [3.63, 3.8) is 0 Å². The van der Waals surface area contributed by atoms with Gasteiger partial charge in [-0.15, -0.1) is 0 Å². The van der Waals surface area contributed by atoms with Crippen molar-refractivity contribution in [2.45, 2.75) is 19.4 Å². The van der Waals surface area contributed by atoms with Gasteiger partial charge in [-0.1, -0.05) is 59.6 Å². The molecule has 0 aromatic heterocycles. The zero-order valence-corrected chi connectivity index (χ0v) is 17.6. The lowest BCUT2D eigenvalue weighted by atomic mass is 10.0. The Labute approximate surface area is 184 Å². The molecule has 0 unspecified atom stereocenters. The fraction of sp³-hybridized carbons (Fsp3) is 0.130. The number of carbonyl (C=O) groups excluding carboxylic acids is 2. The Bertz CT molecular complexity index is 1070. The lowest BCUT2D eigenvalue weighted by Gasteiger charge is -2.19. The third kappa shape index (κ3) is 5.59. The molecule has 0 bridgehead atoms. The van der Waals surface area contributed by atoms with Gasteiger partial charge in [0, 0.05) is 17.1 Å². The van der Waals surface area contributed by atoms with E-state index in [0.29, 0.717) is 16.3 Å². The van der Waals surface area contributed by atoms with Crippen LogP contribution in [0.25, 0.3) is 0 Å². The van der Waals surface area contributed by atoms with E-state index in [1.165, 1.54) is 18.2 Å². The number of anilines is 1. The molecule has 0 heterocycles. The summed E-state index contributed by atoms with van der Waals surface area (Å²) >= 11 is 12.0. The number of halogens is 3. The minimum atomic E-state index is -0.906. The maximum absolute atomic E-state index is 13.8. The van der Waals surface area contributed by atoms with Crippen molar-refractivity contribution < 1.29 is 14.0 Å². The quantitative estimate of drug-likeness (QED) is 0.532. The van der Waals surface area contributed by atoms with Crippen molar-refractivity contribution in [1.82, 2.24) is 5.32 Å². The van der Waals surface area contributed by atoms with Crippen molar-refractivity contribution in [2.75, 3.05) is 5.32 Å². The highest BCUT2D eigenvalue weighted by atomic mass is 35.5. The number of hydrogen-bond acceptors (Lipinski definition) is 2. The second kappa shape index (κ2) is 9.74. The van der Waals surface area contributed by atoms with Crippen LogP contribution in [0.5, 0.6) is 0 Å². The van der Waals surface area contributed by atoms with Crippen LogP contribution in [0.1, 0.15) is 21.5 Å². The van der Waals surface area contributed by atoms with Crippen LogP contribution in [0.3, 0.4) is 0 Å². The van der Waals surface area contributed by atoms with E-state index in [1.807, 2.05) is 30.3 Å². The third-order valence-corrected chi connectivity index (χ3v) is 5.07. The van der Waals surface area contributed by atoms with E-state index in [2.05, 4.69) is 10.6 Å². The summed E-state index contributed by atoms with van der Waals surface area (Å²) in [6.07, 6.45) is 0.248. The molecule has 7 heteroatoms. The van der Waals surface area contributed by atoms with E-state index in [1.54, 1.807) is 25.1 Å². The molecule has 3 rings (SSSR count). The molecule has 0 radical (unpaired) electrons. The van der Waals surface area contributed by atoms with Crippen molar-refractivity contribution in [3.05, 3.63) is 99.3 Å². The molecule has 3 aromatic rings. The van der Waals surface area contributed by atoms with Gasteiger partial charge in [0.25, 0.3) is 5.91 Å². The number of nitrogens with one attached hydrogen (secondary N) is 2. The Hall–Kier alpha value is -2.89. The number of benzene rings is 3. The molecule has 0 fully saturated rings. The van der Waals surface area contributed by atoms with Gasteiger partial charge in [-0.05, 0) is 48.4 Å². The SMILES string of the molecule is Cc1ccc(NC(=O)[C@@H](Cc2ccccc2)NC(=O)c2ccc(Cl)cc2Cl)cc1F. The van der Waals surface area contributed by atoms with Crippen LogP contribution in [-0.4, -0.2) is 17.9 Å². The first-order chi connectivity index (χ1) is 14.3. The van der Waals surface area contributed by atoms with Crippen molar-refractivity contribution in [3.8, 4) is 0 Å². The van der Waals surface area contributed by atoms with E-state index in [-0.39, 0.29) is 17.0 Å². The van der Waals surface area contributed by atoms with Crippen LogP contribution in [0.15, 0.2) is 66.7 Å². The van der Waals surface area contributed by atoms with Gasteiger partial charge in [0.2, 0.25) is 5.91 Å². The summed E-state index contributed by atoms with van der Waals surface area (Å²) in [7, 11) is 0. The Kier molecular flexibility index (Phi) is 7.08. The molecular weight excluding hydrogens is 426 g/mol. The highest BCUT2D eigenvalue weighted by Gasteiger charge is 2.23. The largest absolute Gasteiger partial charge is 0.340 e. The zero-order chi connectivity index (χ0) is 21.7. The highest BCUT2D eigenvalue weighted by Crippen LogP contribution is 2.21. The molecule has 0 aliphatic rings. The molecule has 0 saturated heterocycles. The molecule has 0 saturated carbocycles. The summed E-state index contributed by atoms with van der Waals surface area (Å²) in [6.45, 7) is 1.63. The summed E-state index contributed by atoms with van der Waals surface area (Å²) in [5.74, 6) is -1.41. The van der Waals surface area contributed by atoms with Crippen LogP contribution in [0, 0.1) is 12.7 Å². The maximum Gasteiger partial charge on any atom is 0.253 e. The number of carbonyl (C=O) groups is 2. The Morgan fingerprint density at radius 2 is 1.73 bits per heavy atom. The van der Waals surface area contributed by atoms with Crippen LogP contribution >= 0.6 is 23.2 Å². The summed E-state index contributed by atoms with van der Waals surface area (Å²) in [5.41, 5.74) is 1.84. The van der Waals surface area contributed by atoms with Gasteiger partial charge in [0.15, 0.2) is 0 Å². The summed E-state index contributed by atoms with van der Waals surface area (Å²) in [5, 5.41) is 5.96. The van der Waals surface area contributed by atoms with E-state index in [0.717, 1.165) is 5.56 Å². The topological polar surface area (TPSA) is 58.2 Å². The predicted molar refractivity (Wildman–Crippen MR) is 118 cm³/mol. The van der Waals surface area contributed by atoms with Crippen molar-refractivity contribution in [2.24, 2.45) is 0 Å². The van der Waals surface area contributed by atoms with Gasteiger partial charge >= 0.3 is 0 Å². The minimum Gasteiger partial charge on any atom is -0.340 e. The molecule has 2 N–H and O–H groups in total. The molecule has 30 heavy (non-hydrogen) atoms. The smallest absolute Gasteiger partial charge is 0.253 e. The van der Waals surface area contributed by atoms with Crippen LogP contribution in [0.4, 0.5) is 10.1 Å². The molecular formula is C23H19Cl2FN2O2. The van der Waals surface area contributed by atoms with Gasteiger partial charge in [0.1, 0.15) is 11.9 Å².